The van der Waals surface area contributed by atoms with Crippen molar-refractivity contribution in [1.82, 2.24) is 5.43 Å². The average Bonchev–Trinajstić information content (AvgIpc) is 2.55. The summed E-state index contributed by atoms with van der Waals surface area (Å²) in [4.78, 5) is 24.0. The van der Waals surface area contributed by atoms with E-state index in [-0.39, 0.29) is 11.3 Å². The average molecular weight is 312 g/mol. The van der Waals surface area contributed by atoms with Gasteiger partial charge in [0, 0.05) is 37.5 Å². The van der Waals surface area contributed by atoms with Gasteiger partial charge in [-0.1, -0.05) is 18.2 Å². The van der Waals surface area contributed by atoms with Crippen LogP contribution in [0.4, 0.5) is 11.4 Å². The second-order valence-electron chi connectivity index (χ2n) is 4.99. The minimum absolute atomic E-state index is 0.138. The van der Waals surface area contributed by atoms with Crippen LogP contribution in [-0.2, 0) is 0 Å². The third-order valence-electron chi connectivity index (χ3n) is 3.11. The van der Waals surface area contributed by atoms with Crippen molar-refractivity contribution >= 4 is 23.5 Å². The van der Waals surface area contributed by atoms with Crippen molar-refractivity contribution in [2.24, 2.45) is 5.10 Å². The molecule has 2 aromatic rings. The molecule has 7 heteroatoms. The zero-order valence-corrected chi connectivity index (χ0v) is 12.8. The lowest BCUT2D eigenvalue weighted by Crippen LogP contribution is -2.17. The molecule has 2 rings (SSSR count). The molecule has 1 amide bonds. The fourth-order valence-corrected chi connectivity index (χ4v) is 1.85. The molecule has 1 N–H and O–H groups in total. The lowest BCUT2D eigenvalue weighted by Gasteiger charge is -2.11. The van der Waals surface area contributed by atoms with Crippen molar-refractivity contribution in [2.45, 2.75) is 0 Å². The van der Waals surface area contributed by atoms with E-state index in [4.69, 9.17) is 0 Å². The fourth-order valence-electron chi connectivity index (χ4n) is 1.85. The van der Waals surface area contributed by atoms with E-state index in [1.807, 2.05) is 43.3 Å². The number of nitro benzene ring substituents is 1. The van der Waals surface area contributed by atoms with Gasteiger partial charge in [0.2, 0.25) is 0 Å². The molecule has 0 unspecified atom stereocenters. The largest absolute Gasteiger partial charge is 0.378 e. The Labute approximate surface area is 133 Å². The lowest BCUT2D eigenvalue weighted by atomic mass is 10.2. The van der Waals surface area contributed by atoms with E-state index in [1.54, 1.807) is 0 Å². The van der Waals surface area contributed by atoms with E-state index in [1.165, 1.54) is 30.5 Å². The number of hydrazone groups is 1. The van der Waals surface area contributed by atoms with Crippen molar-refractivity contribution in [3.63, 3.8) is 0 Å². The number of non-ortho nitro benzene ring substituents is 1. The smallest absolute Gasteiger partial charge is 0.271 e. The van der Waals surface area contributed by atoms with Crippen LogP contribution in [0.1, 0.15) is 15.9 Å². The van der Waals surface area contributed by atoms with Gasteiger partial charge in [0.05, 0.1) is 11.1 Å². The first-order chi connectivity index (χ1) is 11.0. The number of rotatable bonds is 5. The minimum Gasteiger partial charge on any atom is -0.378 e. The van der Waals surface area contributed by atoms with Gasteiger partial charge in [0.15, 0.2) is 0 Å². The molecule has 0 fully saturated rings. The van der Waals surface area contributed by atoms with Crippen LogP contribution in [0.5, 0.6) is 0 Å². The summed E-state index contributed by atoms with van der Waals surface area (Å²) in [7, 11) is 3.89. The van der Waals surface area contributed by atoms with Gasteiger partial charge in [0.25, 0.3) is 11.6 Å². The van der Waals surface area contributed by atoms with E-state index in [0.29, 0.717) is 0 Å². The van der Waals surface area contributed by atoms with Crippen LogP contribution in [0.3, 0.4) is 0 Å². The summed E-state index contributed by atoms with van der Waals surface area (Å²) in [5.74, 6) is -0.505. The van der Waals surface area contributed by atoms with Gasteiger partial charge in [-0.15, -0.1) is 0 Å². The highest BCUT2D eigenvalue weighted by Gasteiger charge is 2.10. The van der Waals surface area contributed by atoms with Crippen LogP contribution < -0.4 is 10.3 Å². The number of benzene rings is 2. The number of nitrogens with zero attached hydrogens (tertiary/aromatic N) is 3. The van der Waals surface area contributed by atoms with Gasteiger partial charge in [-0.25, -0.2) is 5.43 Å². The second-order valence-corrected chi connectivity index (χ2v) is 4.99. The van der Waals surface area contributed by atoms with Crippen molar-refractivity contribution < 1.29 is 9.72 Å². The molecule has 0 aromatic heterocycles. The number of nitrogens with one attached hydrogen (secondary N) is 1. The molecule has 23 heavy (non-hydrogen) atoms. The highest BCUT2D eigenvalue weighted by Crippen LogP contribution is 2.13. The van der Waals surface area contributed by atoms with Gasteiger partial charge in [-0.3, -0.25) is 14.9 Å². The predicted octanol–water partition coefficient (Wildman–Crippen LogP) is 2.42. The predicted molar refractivity (Wildman–Crippen MR) is 88.9 cm³/mol. The summed E-state index contributed by atoms with van der Waals surface area (Å²) in [6.45, 7) is 0. The molecule has 0 saturated heterocycles. The van der Waals surface area contributed by atoms with Crippen molar-refractivity contribution in [3.05, 3.63) is 69.8 Å². The Morgan fingerprint density at radius 3 is 2.52 bits per heavy atom. The normalized spacial score (nSPS) is 10.5. The summed E-state index contributed by atoms with van der Waals surface area (Å²) >= 11 is 0. The molecule has 0 saturated carbocycles. The van der Waals surface area contributed by atoms with E-state index < -0.39 is 10.8 Å². The highest BCUT2D eigenvalue weighted by atomic mass is 16.6. The maximum absolute atomic E-state index is 11.9. The number of amides is 1. The third kappa shape index (κ3) is 4.37. The maximum atomic E-state index is 11.9. The zero-order valence-electron chi connectivity index (χ0n) is 12.8. The molecule has 0 aliphatic carbocycles. The van der Waals surface area contributed by atoms with E-state index in [2.05, 4.69) is 10.5 Å². The maximum Gasteiger partial charge on any atom is 0.271 e. The molecule has 0 atom stereocenters. The number of carbonyl (C=O) groups is 1. The second kappa shape index (κ2) is 7.17. The fraction of sp³-hybridized carbons (Fsp3) is 0.125. The molecular formula is C16H16N4O3. The van der Waals surface area contributed by atoms with Crippen LogP contribution in [0.15, 0.2) is 53.6 Å². The van der Waals surface area contributed by atoms with Crippen LogP contribution in [0, 0.1) is 10.1 Å². The van der Waals surface area contributed by atoms with Crippen LogP contribution >= 0.6 is 0 Å². The van der Waals surface area contributed by atoms with Gasteiger partial charge in [0.1, 0.15) is 0 Å². The van der Waals surface area contributed by atoms with Gasteiger partial charge >= 0.3 is 0 Å². The first kappa shape index (κ1) is 16.2. The quantitative estimate of drug-likeness (QED) is 0.522. The van der Waals surface area contributed by atoms with Gasteiger partial charge in [-0.2, -0.15) is 5.10 Å². The number of hydrogen-bond acceptors (Lipinski definition) is 5. The van der Waals surface area contributed by atoms with Crippen LogP contribution in [0.25, 0.3) is 0 Å². The number of nitro groups is 1. The Balaban J connectivity index is 2.01. The molecule has 0 aliphatic rings. The Hall–Kier alpha value is -3.22. The summed E-state index contributed by atoms with van der Waals surface area (Å²) < 4.78 is 0. The summed E-state index contributed by atoms with van der Waals surface area (Å²) in [5, 5.41) is 14.5. The minimum atomic E-state index is -0.549. The molecule has 0 spiro atoms. The van der Waals surface area contributed by atoms with E-state index in [0.717, 1.165) is 11.3 Å². The van der Waals surface area contributed by atoms with Crippen LogP contribution in [0.2, 0.25) is 0 Å². The molecule has 0 bridgehead atoms. The van der Waals surface area contributed by atoms with Crippen molar-refractivity contribution in [1.29, 1.82) is 0 Å². The third-order valence-corrected chi connectivity index (χ3v) is 3.11. The molecular weight excluding hydrogens is 296 g/mol. The molecule has 7 nitrogen and oxygen atoms in total. The molecule has 0 radical (unpaired) electrons. The highest BCUT2D eigenvalue weighted by molar-refractivity contribution is 5.95. The van der Waals surface area contributed by atoms with Gasteiger partial charge in [-0.05, 0) is 23.8 Å². The first-order valence-corrected chi connectivity index (χ1v) is 6.82. The standard InChI is InChI=1S/C16H16N4O3/c1-19(2)14-8-6-12(7-9-14)11-17-18-16(21)13-4-3-5-15(10-13)20(22)23/h3-11H,1-2H3,(H,18,21)/b17-11-. The van der Waals surface area contributed by atoms with Crippen LogP contribution in [-0.4, -0.2) is 31.1 Å². The van der Waals surface area contributed by atoms with Crippen molar-refractivity contribution in [3.8, 4) is 0 Å². The summed E-state index contributed by atoms with van der Waals surface area (Å²) in [6.07, 6.45) is 1.51. The molecule has 118 valence electrons. The lowest BCUT2D eigenvalue weighted by molar-refractivity contribution is -0.384. The van der Waals surface area contributed by atoms with Gasteiger partial charge < -0.3 is 4.90 Å². The molecule has 2 aromatic carbocycles. The Kier molecular flexibility index (Phi) is 5.03. The molecule has 0 heterocycles. The van der Waals surface area contributed by atoms with E-state index >= 15 is 0 Å². The zero-order chi connectivity index (χ0) is 16.8. The SMILES string of the molecule is CN(C)c1ccc(/C=N\NC(=O)c2cccc([N+](=O)[O-])c2)cc1. The van der Waals surface area contributed by atoms with Crippen molar-refractivity contribution in [2.75, 3.05) is 19.0 Å². The topological polar surface area (TPSA) is 87.8 Å². The molecule has 0 aliphatic heterocycles. The Morgan fingerprint density at radius 2 is 1.91 bits per heavy atom. The summed E-state index contributed by atoms with van der Waals surface area (Å²) in [5.41, 5.74) is 4.28. The number of hydrogen-bond donors (Lipinski definition) is 1. The monoisotopic (exact) mass is 312 g/mol. The van der Waals surface area contributed by atoms with E-state index in [9.17, 15) is 14.9 Å². The Bertz CT molecular complexity index is 739. The summed E-state index contributed by atoms with van der Waals surface area (Å²) in [6, 6.07) is 13.1. The number of carbonyl (C=O) groups excluding carboxylic acids is 1. The number of anilines is 1. The Morgan fingerprint density at radius 1 is 1.22 bits per heavy atom. The first-order valence-electron chi connectivity index (χ1n) is 6.82.